The highest BCUT2D eigenvalue weighted by atomic mass is 32.2. The van der Waals surface area contributed by atoms with Crippen LogP contribution < -0.4 is 4.74 Å². The molecule has 184 valence electrons. The van der Waals surface area contributed by atoms with Crippen molar-refractivity contribution < 1.29 is 9.53 Å². The first-order valence-corrected chi connectivity index (χ1v) is 13.1. The summed E-state index contributed by atoms with van der Waals surface area (Å²) in [4.78, 5) is 17.0. The Balaban J connectivity index is 1.36. The molecule has 0 aliphatic carbocycles. The van der Waals surface area contributed by atoms with Crippen LogP contribution in [0.25, 0.3) is 17.0 Å². The van der Waals surface area contributed by atoms with E-state index in [1.165, 1.54) is 22.3 Å². The molecule has 2 aromatic carbocycles. The summed E-state index contributed by atoms with van der Waals surface area (Å²) in [5.74, 6) is 1.04. The minimum atomic E-state index is -0.410. The van der Waals surface area contributed by atoms with Gasteiger partial charge in [0, 0.05) is 22.7 Å². The molecule has 3 aromatic rings. The topological polar surface area (TPSA) is 83.0 Å². The number of aromatic nitrogens is 1. The Morgan fingerprint density at radius 2 is 1.92 bits per heavy atom. The lowest BCUT2D eigenvalue weighted by molar-refractivity contribution is -0.114. The van der Waals surface area contributed by atoms with E-state index < -0.39 is 5.91 Å². The van der Waals surface area contributed by atoms with Crippen LogP contribution in [0.4, 0.5) is 0 Å². The summed E-state index contributed by atoms with van der Waals surface area (Å²) in [6.07, 6.45) is 5.61. The second-order valence-electron chi connectivity index (χ2n) is 8.89. The predicted octanol–water partition coefficient (Wildman–Crippen LogP) is 6.26. The molecule has 7 nitrogen and oxygen atoms in total. The van der Waals surface area contributed by atoms with Gasteiger partial charge in [-0.25, -0.2) is 0 Å². The number of fused-ring (bicyclic) bond motifs is 2. The lowest BCUT2D eigenvalue weighted by atomic mass is 9.99. The van der Waals surface area contributed by atoms with E-state index in [4.69, 9.17) is 10.1 Å². The van der Waals surface area contributed by atoms with Crippen LogP contribution in [-0.4, -0.2) is 38.1 Å². The maximum Gasteiger partial charge on any atom is 0.283 e. The number of hydrogen-bond acceptors (Lipinski definition) is 5. The van der Waals surface area contributed by atoms with Crippen LogP contribution in [0.1, 0.15) is 50.7 Å². The highest BCUT2D eigenvalue weighted by Gasteiger charge is 2.35. The molecule has 1 atom stereocenters. The number of carbonyl (C=O) groups is 1. The highest BCUT2D eigenvalue weighted by Crippen LogP contribution is 2.31. The smallest absolute Gasteiger partial charge is 0.283 e. The number of carbonyl (C=O) groups excluding carboxylic acids is 1. The van der Waals surface area contributed by atoms with E-state index in [0.29, 0.717) is 24.2 Å². The summed E-state index contributed by atoms with van der Waals surface area (Å²) < 4.78 is 8.15. The number of rotatable bonds is 8. The Bertz CT molecular complexity index is 1420. The van der Waals surface area contributed by atoms with Crippen molar-refractivity contribution >= 4 is 50.7 Å². The Morgan fingerprint density at radius 3 is 2.67 bits per heavy atom. The van der Waals surface area contributed by atoms with Crippen molar-refractivity contribution in [3.05, 3.63) is 71.4 Å². The van der Waals surface area contributed by atoms with E-state index >= 15 is 0 Å². The van der Waals surface area contributed by atoms with E-state index in [0.717, 1.165) is 40.1 Å². The van der Waals surface area contributed by atoms with Gasteiger partial charge in [-0.05, 0) is 60.4 Å². The van der Waals surface area contributed by atoms with Crippen LogP contribution in [0.2, 0.25) is 0 Å². The molecule has 0 fully saturated rings. The van der Waals surface area contributed by atoms with Crippen LogP contribution in [-0.2, 0) is 11.3 Å². The summed E-state index contributed by atoms with van der Waals surface area (Å²) in [6, 6.07) is 16.4. The van der Waals surface area contributed by atoms with Gasteiger partial charge >= 0.3 is 0 Å². The second-order valence-corrected chi connectivity index (χ2v) is 9.93. The molecule has 1 amide bonds. The molecule has 36 heavy (non-hydrogen) atoms. The first-order chi connectivity index (χ1) is 17.5. The Labute approximate surface area is 215 Å². The number of benzene rings is 2. The third-order valence-electron chi connectivity index (χ3n) is 6.58. The molecule has 1 N–H and O–H groups in total. The van der Waals surface area contributed by atoms with Crippen LogP contribution >= 0.6 is 11.8 Å². The third kappa shape index (κ3) is 4.60. The molecular formula is C28H29N5O2S. The highest BCUT2D eigenvalue weighted by molar-refractivity contribution is 8.26. The number of para-hydroxylation sites is 1. The number of nitrogens with one attached hydrogen (secondary N) is 1. The van der Waals surface area contributed by atoms with Crippen molar-refractivity contribution in [1.82, 2.24) is 9.58 Å². The maximum atomic E-state index is 12.8. The van der Waals surface area contributed by atoms with Crippen molar-refractivity contribution in [2.45, 2.75) is 46.1 Å². The summed E-state index contributed by atoms with van der Waals surface area (Å²) in [7, 11) is 0. The molecule has 1 aromatic heterocycles. The molecule has 0 spiro atoms. The number of amides is 1. The van der Waals surface area contributed by atoms with Gasteiger partial charge in [0.25, 0.3) is 5.91 Å². The van der Waals surface area contributed by atoms with E-state index in [-0.39, 0.29) is 11.4 Å². The van der Waals surface area contributed by atoms with Gasteiger partial charge in [0.05, 0.1) is 12.1 Å². The van der Waals surface area contributed by atoms with Gasteiger partial charge in [0.15, 0.2) is 5.84 Å². The van der Waals surface area contributed by atoms with Gasteiger partial charge in [-0.1, -0.05) is 51.1 Å². The minimum absolute atomic E-state index is 0.0574. The standard InChI is InChI=1S/C28H29N5O2S/c1-4-18(3)19-10-12-21(13-11-19)35-15-14-32-17-20(22-8-6-7-9-24(22)32)16-23-26(29)33-28(30-27(23)34)36-25(5-2)31-33/h6-13,16-18,29H,4-5,14-15H2,1-3H3/b23-16+,29-26?. The average molecular weight is 500 g/mol. The number of thioether (sulfide) groups is 1. The third-order valence-corrected chi connectivity index (χ3v) is 7.63. The molecule has 8 heteroatoms. The fourth-order valence-corrected chi connectivity index (χ4v) is 5.12. The van der Waals surface area contributed by atoms with Crippen LogP contribution in [0, 0.1) is 5.41 Å². The summed E-state index contributed by atoms with van der Waals surface area (Å²) in [5, 5.41) is 16.8. The Kier molecular flexibility index (Phi) is 6.78. The molecule has 2 aliphatic rings. The monoisotopic (exact) mass is 499 g/mol. The van der Waals surface area contributed by atoms with Gasteiger partial charge in [-0.15, -0.1) is 0 Å². The van der Waals surface area contributed by atoms with Gasteiger partial charge in [-0.3, -0.25) is 10.2 Å². The second kappa shape index (κ2) is 10.1. The zero-order valence-corrected chi connectivity index (χ0v) is 21.5. The molecule has 0 saturated heterocycles. The van der Waals surface area contributed by atoms with Crippen molar-refractivity contribution in [3.63, 3.8) is 0 Å². The zero-order valence-electron chi connectivity index (χ0n) is 20.7. The Hall–Kier alpha value is -3.65. The predicted molar refractivity (Wildman–Crippen MR) is 148 cm³/mol. The van der Waals surface area contributed by atoms with E-state index in [2.05, 4.69) is 46.7 Å². The first kappa shape index (κ1) is 24.1. The van der Waals surface area contributed by atoms with Crippen molar-refractivity contribution in [3.8, 4) is 5.75 Å². The van der Waals surface area contributed by atoms with Gasteiger partial charge in [-0.2, -0.15) is 15.1 Å². The number of hydrogen-bond donors (Lipinski definition) is 1. The number of aliphatic imine (C=N–C) groups is 1. The molecule has 0 saturated carbocycles. The molecule has 2 aliphatic heterocycles. The molecule has 0 radical (unpaired) electrons. The molecule has 0 bridgehead atoms. The lowest BCUT2D eigenvalue weighted by Gasteiger charge is -2.20. The summed E-state index contributed by atoms with van der Waals surface area (Å²) in [6.45, 7) is 7.58. The number of nitrogens with zero attached hydrogens (tertiary/aromatic N) is 4. The Morgan fingerprint density at radius 1 is 1.14 bits per heavy atom. The number of ether oxygens (including phenoxy) is 1. The SMILES string of the molecule is CCC1=NN2C(=N)/C(=C\c3cn(CCOc4ccc(C(C)CC)cc4)c4ccccc34)C(=O)N=C2S1. The number of amidine groups is 2. The van der Waals surface area contributed by atoms with Gasteiger partial charge in [0.1, 0.15) is 17.4 Å². The molecular weight excluding hydrogens is 470 g/mol. The van der Waals surface area contributed by atoms with E-state index in [1.807, 2.05) is 43.5 Å². The van der Waals surface area contributed by atoms with E-state index in [1.54, 1.807) is 6.08 Å². The zero-order chi connectivity index (χ0) is 25.2. The number of hydrazone groups is 1. The molecule has 5 rings (SSSR count). The van der Waals surface area contributed by atoms with Gasteiger partial charge in [0.2, 0.25) is 5.17 Å². The quantitative estimate of drug-likeness (QED) is 0.371. The average Bonchev–Trinajstić information content (AvgIpc) is 3.48. The molecule has 3 heterocycles. The van der Waals surface area contributed by atoms with Crippen LogP contribution in [0.3, 0.4) is 0 Å². The molecule has 1 unspecified atom stereocenters. The normalized spacial score (nSPS) is 17.4. The van der Waals surface area contributed by atoms with Crippen molar-refractivity contribution in [1.29, 1.82) is 5.41 Å². The van der Waals surface area contributed by atoms with Crippen molar-refractivity contribution in [2.75, 3.05) is 6.61 Å². The first-order valence-electron chi connectivity index (χ1n) is 12.3. The van der Waals surface area contributed by atoms with Gasteiger partial charge < -0.3 is 9.30 Å². The largest absolute Gasteiger partial charge is 0.492 e. The fourth-order valence-electron chi connectivity index (χ4n) is 4.30. The minimum Gasteiger partial charge on any atom is -0.492 e. The fraction of sp³-hybridized carbons (Fsp3) is 0.286. The lowest BCUT2D eigenvalue weighted by Crippen LogP contribution is -2.35. The summed E-state index contributed by atoms with van der Waals surface area (Å²) >= 11 is 1.35. The van der Waals surface area contributed by atoms with Crippen LogP contribution in [0.15, 0.2) is 70.4 Å². The maximum absolute atomic E-state index is 12.8. The van der Waals surface area contributed by atoms with E-state index in [9.17, 15) is 4.79 Å². The van der Waals surface area contributed by atoms with Crippen molar-refractivity contribution in [2.24, 2.45) is 10.1 Å². The van der Waals surface area contributed by atoms with Crippen LogP contribution in [0.5, 0.6) is 5.75 Å². The summed E-state index contributed by atoms with van der Waals surface area (Å²) in [5.41, 5.74) is 3.47.